The van der Waals surface area contributed by atoms with Gasteiger partial charge in [0.05, 0.1) is 6.10 Å². The minimum absolute atomic E-state index is 0.242. The third-order valence-electron chi connectivity index (χ3n) is 2.96. The van der Waals surface area contributed by atoms with Crippen LogP contribution in [-0.4, -0.2) is 17.1 Å². The first-order valence-corrected chi connectivity index (χ1v) is 6.16. The van der Waals surface area contributed by atoms with Crippen LogP contribution in [0.1, 0.15) is 24.2 Å². The Morgan fingerprint density at radius 1 is 1.26 bits per heavy atom. The molecule has 0 aliphatic rings. The molecule has 1 atom stereocenters. The normalized spacial score (nSPS) is 12.2. The molecule has 0 radical (unpaired) electrons. The van der Waals surface area contributed by atoms with Crippen molar-refractivity contribution in [3.63, 3.8) is 0 Å². The number of benzene rings is 1. The van der Waals surface area contributed by atoms with Crippen molar-refractivity contribution in [2.75, 3.05) is 11.9 Å². The summed E-state index contributed by atoms with van der Waals surface area (Å²) in [7, 11) is 1.90. The Morgan fingerprint density at radius 3 is 2.58 bits per heavy atom. The van der Waals surface area contributed by atoms with Crippen LogP contribution < -0.4 is 4.90 Å². The molecule has 19 heavy (non-hydrogen) atoms. The largest absolute Gasteiger partial charge is 0.389 e. The minimum Gasteiger partial charge on any atom is -0.389 e. The predicted molar refractivity (Wildman–Crippen MR) is 73.4 cm³/mol. The zero-order valence-corrected chi connectivity index (χ0v) is 11.0. The topological polar surface area (TPSA) is 36.4 Å². The summed E-state index contributed by atoms with van der Waals surface area (Å²) in [4.78, 5) is 6.25. The van der Waals surface area contributed by atoms with Gasteiger partial charge in [0.1, 0.15) is 11.6 Å². The molecule has 0 aliphatic carbocycles. The Bertz CT molecular complexity index is 540. The number of anilines is 1. The van der Waals surface area contributed by atoms with Crippen LogP contribution in [0.2, 0.25) is 0 Å². The van der Waals surface area contributed by atoms with E-state index in [4.69, 9.17) is 0 Å². The summed E-state index contributed by atoms with van der Waals surface area (Å²) in [6, 6.07) is 10.0. The number of halogens is 1. The van der Waals surface area contributed by atoms with Gasteiger partial charge in [0.15, 0.2) is 0 Å². The maximum Gasteiger partial charge on any atom is 0.134 e. The van der Waals surface area contributed by atoms with Crippen molar-refractivity contribution in [3.05, 3.63) is 59.5 Å². The number of aliphatic hydroxyl groups is 1. The highest BCUT2D eigenvalue weighted by Gasteiger charge is 2.12. The Kier molecular flexibility index (Phi) is 4.12. The van der Waals surface area contributed by atoms with Gasteiger partial charge in [0, 0.05) is 25.4 Å². The van der Waals surface area contributed by atoms with Crippen molar-refractivity contribution < 1.29 is 9.50 Å². The van der Waals surface area contributed by atoms with Crippen LogP contribution in [0.15, 0.2) is 42.6 Å². The molecule has 3 nitrogen and oxygen atoms in total. The van der Waals surface area contributed by atoms with Crippen molar-refractivity contribution in [2.24, 2.45) is 0 Å². The number of aromatic nitrogens is 1. The molecule has 1 N–H and O–H groups in total. The highest BCUT2D eigenvalue weighted by molar-refractivity contribution is 5.47. The molecule has 0 spiro atoms. The standard InChI is InChI=1S/C15H17FN2O/c1-11(19)14-4-3-9-17-15(14)18(2)10-12-5-7-13(16)8-6-12/h3-9,11,19H,10H2,1-2H3/t11-/m1/s1. The van der Waals surface area contributed by atoms with E-state index >= 15 is 0 Å². The summed E-state index contributed by atoms with van der Waals surface area (Å²) in [6.45, 7) is 2.32. The maximum absolute atomic E-state index is 12.9. The summed E-state index contributed by atoms with van der Waals surface area (Å²) in [5, 5.41) is 9.74. The molecule has 0 aliphatic heterocycles. The van der Waals surface area contributed by atoms with Crippen LogP contribution in [0.25, 0.3) is 0 Å². The Labute approximate surface area is 112 Å². The van der Waals surface area contributed by atoms with Crippen LogP contribution in [0.4, 0.5) is 10.2 Å². The van der Waals surface area contributed by atoms with E-state index in [1.807, 2.05) is 18.0 Å². The lowest BCUT2D eigenvalue weighted by atomic mass is 10.1. The average molecular weight is 260 g/mol. The molecule has 1 aromatic heterocycles. The minimum atomic E-state index is -0.570. The van der Waals surface area contributed by atoms with Gasteiger partial charge in [-0.25, -0.2) is 9.37 Å². The molecule has 0 unspecified atom stereocenters. The zero-order chi connectivity index (χ0) is 13.8. The summed E-state index contributed by atoms with van der Waals surface area (Å²) < 4.78 is 12.9. The lowest BCUT2D eigenvalue weighted by Gasteiger charge is -2.22. The summed E-state index contributed by atoms with van der Waals surface area (Å²) >= 11 is 0. The zero-order valence-electron chi connectivity index (χ0n) is 11.0. The number of aliphatic hydroxyl groups excluding tert-OH is 1. The molecule has 2 aromatic rings. The Morgan fingerprint density at radius 2 is 1.95 bits per heavy atom. The molecular weight excluding hydrogens is 243 g/mol. The van der Waals surface area contributed by atoms with E-state index < -0.39 is 6.10 Å². The second-order valence-electron chi connectivity index (χ2n) is 4.57. The fourth-order valence-corrected chi connectivity index (χ4v) is 1.99. The molecule has 0 fully saturated rings. The lowest BCUT2D eigenvalue weighted by Crippen LogP contribution is -2.20. The third-order valence-corrected chi connectivity index (χ3v) is 2.96. The van der Waals surface area contributed by atoms with Gasteiger partial charge in [0.2, 0.25) is 0 Å². The maximum atomic E-state index is 12.9. The smallest absolute Gasteiger partial charge is 0.134 e. The molecule has 1 heterocycles. The van der Waals surface area contributed by atoms with Crippen molar-refractivity contribution in [2.45, 2.75) is 19.6 Å². The average Bonchev–Trinajstić information content (AvgIpc) is 2.41. The second-order valence-corrected chi connectivity index (χ2v) is 4.57. The number of pyridine rings is 1. The van der Waals surface area contributed by atoms with Gasteiger partial charge in [-0.3, -0.25) is 0 Å². The van der Waals surface area contributed by atoms with Crippen molar-refractivity contribution in [1.82, 2.24) is 4.98 Å². The number of rotatable bonds is 4. The third kappa shape index (κ3) is 3.29. The molecule has 0 saturated carbocycles. The molecule has 100 valence electrons. The van der Waals surface area contributed by atoms with E-state index in [-0.39, 0.29) is 5.82 Å². The van der Waals surface area contributed by atoms with Gasteiger partial charge in [0.25, 0.3) is 0 Å². The second kappa shape index (κ2) is 5.80. The highest BCUT2D eigenvalue weighted by atomic mass is 19.1. The van der Waals surface area contributed by atoms with E-state index in [0.29, 0.717) is 6.54 Å². The fraction of sp³-hybridized carbons (Fsp3) is 0.267. The van der Waals surface area contributed by atoms with Crippen LogP contribution in [0.3, 0.4) is 0 Å². The first kappa shape index (κ1) is 13.5. The van der Waals surface area contributed by atoms with Gasteiger partial charge < -0.3 is 10.0 Å². The molecule has 0 bridgehead atoms. The van der Waals surface area contributed by atoms with Gasteiger partial charge in [-0.15, -0.1) is 0 Å². The summed E-state index contributed by atoms with van der Waals surface area (Å²) in [6.07, 6.45) is 1.13. The number of nitrogens with zero attached hydrogens (tertiary/aromatic N) is 2. The fourth-order valence-electron chi connectivity index (χ4n) is 1.99. The van der Waals surface area contributed by atoms with Crippen LogP contribution >= 0.6 is 0 Å². The van der Waals surface area contributed by atoms with E-state index in [1.54, 1.807) is 31.3 Å². The summed E-state index contributed by atoms with van der Waals surface area (Å²) in [5.74, 6) is 0.496. The van der Waals surface area contributed by atoms with Crippen molar-refractivity contribution in [3.8, 4) is 0 Å². The Balaban J connectivity index is 2.20. The van der Waals surface area contributed by atoms with Gasteiger partial charge in [-0.2, -0.15) is 0 Å². The van der Waals surface area contributed by atoms with Gasteiger partial charge >= 0.3 is 0 Å². The molecule has 4 heteroatoms. The van der Waals surface area contributed by atoms with Crippen LogP contribution in [-0.2, 0) is 6.54 Å². The van der Waals surface area contributed by atoms with Gasteiger partial charge in [-0.1, -0.05) is 18.2 Å². The number of hydrogen-bond acceptors (Lipinski definition) is 3. The predicted octanol–water partition coefficient (Wildman–Crippen LogP) is 2.91. The quantitative estimate of drug-likeness (QED) is 0.918. The first-order valence-electron chi connectivity index (χ1n) is 6.16. The molecule has 2 rings (SSSR count). The van der Waals surface area contributed by atoms with Crippen molar-refractivity contribution in [1.29, 1.82) is 0 Å². The molecular formula is C15H17FN2O. The molecule has 1 aromatic carbocycles. The lowest BCUT2D eigenvalue weighted by molar-refractivity contribution is 0.199. The first-order chi connectivity index (χ1) is 9.08. The van der Waals surface area contributed by atoms with E-state index in [2.05, 4.69) is 4.98 Å². The Hall–Kier alpha value is -1.94. The summed E-state index contributed by atoms with van der Waals surface area (Å²) in [5.41, 5.74) is 1.78. The highest BCUT2D eigenvalue weighted by Crippen LogP contribution is 2.23. The van der Waals surface area contributed by atoms with Gasteiger partial charge in [-0.05, 0) is 30.7 Å². The van der Waals surface area contributed by atoms with E-state index in [9.17, 15) is 9.50 Å². The SMILES string of the molecule is C[C@@H](O)c1cccnc1N(C)Cc1ccc(F)cc1. The van der Waals surface area contributed by atoms with E-state index in [0.717, 1.165) is 16.9 Å². The monoisotopic (exact) mass is 260 g/mol. The molecule has 0 amide bonds. The number of hydrogen-bond donors (Lipinski definition) is 1. The van der Waals surface area contributed by atoms with E-state index in [1.165, 1.54) is 12.1 Å². The van der Waals surface area contributed by atoms with Crippen molar-refractivity contribution >= 4 is 5.82 Å². The molecule has 0 saturated heterocycles. The van der Waals surface area contributed by atoms with Crippen LogP contribution in [0, 0.1) is 5.82 Å². The van der Waals surface area contributed by atoms with Crippen LogP contribution in [0.5, 0.6) is 0 Å².